The molecule has 8 nitrogen and oxygen atoms in total. The predicted octanol–water partition coefficient (Wildman–Crippen LogP) is 1.41. The maximum atomic E-state index is 14.1. The number of aromatic nitrogens is 2. The van der Waals surface area contributed by atoms with Gasteiger partial charge in [0, 0.05) is 19.6 Å². The third kappa shape index (κ3) is 3.36. The fourth-order valence-corrected chi connectivity index (χ4v) is 2.52. The molecule has 1 aromatic rings. The number of rotatable bonds is 7. The molecule has 0 saturated carbocycles. The Balaban J connectivity index is 2.36. The first-order chi connectivity index (χ1) is 10.6. The standard InChI is InChI=1S/C13H20FN3O5/c1-2-10-12(17(19)20)13(22-6-3-5-18)15-16(10)11-4-7-21-8-9(11)14/h9,11,18H,2-8H2,1H3/t9-,11-/m0/s1. The third-order valence-electron chi connectivity index (χ3n) is 3.58. The number of hydrogen-bond acceptors (Lipinski definition) is 6. The molecule has 2 rings (SSSR count). The third-order valence-corrected chi connectivity index (χ3v) is 3.58. The van der Waals surface area contributed by atoms with Gasteiger partial charge in [0.25, 0.3) is 0 Å². The van der Waals surface area contributed by atoms with Gasteiger partial charge in [0.05, 0.1) is 24.2 Å². The highest BCUT2D eigenvalue weighted by molar-refractivity contribution is 5.46. The Morgan fingerprint density at radius 3 is 3.00 bits per heavy atom. The first-order valence-corrected chi connectivity index (χ1v) is 7.31. The average molecular weight is 317 g/mol. The highest BCUT2D eigenvalue weighted by Gasteiger charge is 2.35. The summed E-state index contributed by atoms with van der Waals surface area (Å²) in [5.74, 6) is -0.117. The molecule has 2 heterocycles. The van der Waals surface area contributed by atoms with Crippen molar-refractivity contribution in [2.75, 3.05) is 26.4 Å². The maximum absolute atomic E-state index is 14.1. The summed E-state index contributed by atoms with van der Waals surface area (Å²) in [5.41, 5.74) is 0.123. The molecule has 0 unspecified atom stereocenters. The Hall–Kier alpha value is -1.74. The number of aliphatic hydroxyl groups excluding tert-OH is 1. The lowest BCUT2D eigenvalue weighted by Gasteiger charge is -2.27. The van der Waals surface area contributed by atoms with Crippen molar-refractivity contribution in [3.8, 4) is 5.88 Å². The minimum absolute atomic E-state index is 0.0395. The van der Waals surface area contributed by atoms with Crippen LogP contribution in [0.15, 0.2) is 0 Å². The molecular weight excluding hydrogens is 297 g/mol. The van der Waals surface area contributed by atoms with E-state index >= 15 is 0 Å². The molecule has 2 atom stereocenters. The van der Waals surface area contributed by atoms with Crippen molar-refractivity contribution in [1.29, 1.82) is 0 Å². The Bertz CT molecular complexity index is 522. The predicted molar refractivity (Wildman–Crippen MR) is 74.8 cm³/mol. The van der Waals surface area contributed by atoms with E-state index in [1.165, 1.54) is 4.68 Å². The number of halogens is 1. The van der Waals surface area contributed by atoms with E-state index in [2.05, 4.69) is 5.10 Å². The van der Waals surface area contributed by atoms with Crippen LogP contribution >= 0.6 is 0 Å². The van der Waals surface area contributed by atoms with Gasteiger partial charge in [-0.3, -0.25) is 14.8 Å². The van der Waals surface area contributed by atoms with Crippen molar-refractivity contribution >= 4 is 5.69 Å². The number of aliphatic hydroxyl groups is 1. The molecule has 0 bridgehead atoms. The van der Waals surface area contributed by atoms with Crippen molar-refractivity contribution in [2.24, 2.45) is 0 Å². The molecular formula is C13H20FN3O5. The van der Waals surface area contributed by atoms with Crippen LogP contribution in [0, 0.1) is 10.1 Å². The van der Waals surface area contributed by atoms with Crippen LogP contribution in [0.2, 0.25) is 0 Å². The van der Waals surface area contributed by atoms with Crippen LogP contribution in [0.4, 0.5) is 10.1 Å². The lowest BCUT2D eigenvalue weighted by atomic mass is 10.1. The summed E-state index contributed by atoms with van der Waals surface area (Å²) in [6.07, 6.45) is -0.169. The van der Waals surface area contributed by atoms with Crippen molar-refractivity contribution in [2.45, 2.75) is 38.4 Å². The summed E-state index contributed by atoms with van der Waals surface area (Å²) in [6, 6.07) is -0.586. The van der Waals surface area contributed by atoms with Crippen molar-refractivity contribution in [3.05, 3.63) is 15.8 Å². The SMILES string of the molecule is CCc1c([N+](=O)[O-])c(OCCCO)nn1[C@H]1CCOC[C@@H]1F. The molecule has 1 saturated heterocycles. The van der Waals surface area contributed by atoms with E-state index < -0.39 is 17.1 Å². The molecule has 0 amide bonds. The number of alkyl halides is 1. The molecule has 1 aliphatic heterocycles. The van der Waals surface area contributed by atoms with Crippen LogP contribution in [-0.4, -0.2) is 52.4 Å². The smallest absolute Gasteiger partial charge is 0.353 e. The fourth-order valence-electron chi connectivity index (χ4n) is 2.52. The van der Waals surface area contributed by atoms with Gasteiger partial charge >= 0.3 is 11.6 Å². The molecule has 9 heteroatoms. The van der Waals surface area contributed by atoms with Gasteiger partial charge in [-0.1, -0.05) is 6.92 Å². The summed E-state index contributed by atoms with van der Waals surface area (Å²) in [7, 11) is 0. The summed E-state index contributed by atoms with van der Waals surface area (Å²) in [5, 5.41) is 24.2. The second kappa shape index (κ2) is 7.50. The molecule has 1 aromatic heterocycles. The number of nitrogens with zero attached hydrogens (tertiary/aromatic N) is 3. The first-order valence-electron chi connectivity index (χ1n) is 7.31. The van der Waals surface area contributed by atoms with Gasteiger partial charge in [0.1, 0.15) is 11.9 Å². The molecule has 0 aromatic carbocycles. The molecule has 1 aliphatic rings. The highest BCUT2D eigenvalue weighted by atomic mass is 19.1. The van der Waals surface area contributed by atoms with Gasteiger partial charge in [-0.05, 0) is 12.8 Å². The lowest BCUT2D eigenvalue weighted by Crippen LogP contribution is -2.32. The molecule has 0 spiro atoms. The van der Waals surface area contributed by atoms with Gasteiger partial charge in [0.15, 0.2) is 0 Å². The summed E-state index contributed by atoms with van der Waals surface area (Å²) in [4.78, 5) is 10.8. The zero-order chi connectivity index (χ0) is 16.1. The first kappa shape index (κ1) is 16.6. The van der Waals surface area contributed by atoms with Crippen LogP contribution in [0.1, 0.15) is 31.5 Å². The Labute approximate surface area is 127 Å². The Kier molecular flexibility index (Phi) is 5.67. The monoisotopic (exact) mass is 317 g/mol. The van der Waals surface area contributed by atoms with E-state index in [4.69, 9.17) is 14.6 Å². The summed E-state index contributed by atoms with van der Waals surface area (Å²) >= 11 is 0. The van der Waals surface area contributed by atoms with Crippen molar-refractivity contribution in [1.82, 2.24) is 9.78 Å². The minimum Gasteiger partial charge on any atom is -0.472 e. The Morgan fingerprint density at radius 2 is 2.41 bits per heavy atom. The van der Waals surface area contributed by atoms with Crippen molar-refractivity contribution < 1.29 is 23.9 Å². The van der Waals surface area contributed by atoms with Gasteiger partial charge < -0.3 is 14.6 Å². The Morgan fingerprint density at radius 1 is 1.64 bits per heavy atom. The van der Waals surface area contributed by atoms with Crippen LogP contribution in [-0.2, 0) is 11.2 Å². The summed E-state index contributed by atoms with van der Waals surface area (Å²) in [6.45, 7) is 2.14. The zero-order valence-corrected chi connectivity index (χ0v) is 12.4. The second-order valence-corrected chi connectivity index (χ2v) is 5.03. The average Bonchev–Trinajstić information content (AvgIpc) is 2.86. The van der Waals surface area contributed by atoms with E-state index in [1.54, 1.807) is 6.92 Å². The second-order valence-electron chi connectivity index (χ2n) is 5.03. The molecule has 124 valence electrons. The van der Waals surface area contributed by atoms with E-state index in [0.29, 0.717) is 31.6 Å². The van der Waals surface area contributed by atoms with Crippen LogP contribution in [0.5, 0.6) is 5.88 Å². The van der Waals surface area contributed by atoms with Crippen molar-refractivity contribution in [3.63, 3.8) is 0 Å². The van der Waals surface area contributed by atoms with E-state index in [0.717, 1.165) is 0 Å². The minimum atomic E-state index is -1.26. The largest absolute Gasteiger partial charge is 0.472 e. The van der Waals surface area contributed by atoms with Gasteiger partial charge in [-0.25, -0.2) is 4.39 Å². The zero-order valence-electron chi connectivity index (χ0n) is 12.4. The topological polar surface area (TPSA) is 99.7 Å². The molecule has 0 aliphatic carbocycles. The van der Waals surface area contributed by atoms with Crippen LogP contribution in [0.3, 0.4) is 0 Å². The normalized spacial score (nSPS) is 21.8. The van der Waals surface area contributed by atoms with Gasteiger partial charge in [-0.2, -0.15) is 0 Å². The number of nitro groups is 1. The highest BCUT2D eigenvalue weighted by Crippen LogP contribution is 2.35. The molecule has 0 radical (unpaired) electrons. The molecule has 1 N–H and O–H groups in total. The molecule has 1 fully saturated rings. The summed E-state index contributed by atoms with van der Waals surface area (Å²) < 4.78 is 25.8. The fraction of sp³-hybridized carbons (Fsp3) is 0.769. The molecule has 22 heavy (non-hydrogen) atoms. The van der Waals surface area contributed by atoms with Crippen LogP contribution in [0.25, 0.3) is 0 Å². The van der Waals surface area contributed by atoms with Gasteiger partial charge in [-0.15, -0.1) is 5.10 Å². The number of hydrogen-bond donors (Lipinski definition) is 1. The van der Waals surface area contributed by atoms with E-state index in [1.807, 2.05) is 0 Å². The van der Waals surface area contributed by atoms with Crippen LogP contribution < -0.4 is 4.74 Å². The maximum Gasteiger partial charge on any atom is 0.353 e. The van der Waals surface area contributed by atoms with E-state index in [-0.39, 0.29) is 31.4 Å². The van der Waals surface area contributed by atoms with Gasteiger partial charge in [0.2, 0.25) is 0 Å². The lowest BCUT2D eigenvalue weighted by molar-refractivity contribution is -0.386. The van der Waals surface area contributed by atoms with E-state index in [9.17, 15) is 14.5 Å². The number of ether oxygens (including phenoxy) is 2. The quantitative estimate of drug-likeness (QED) is 0.464.